The van der Waals surface area contributed by atoms with E-state index < -0.39 is 186 Å². The third-order valence-electron chi connectivity index (χ3n) is 11.0. The predicted molar refractivity (Wildman–Crippen MR) is 270 cm³/mol. The van der Waals surface area contributed by atoms with Gasteiger partial charge in [0.05, 0.1) is 5.25 Å². The smallest absolute Gasteiger partial charge is 0.347 e. The molecule has 2 N–H and O–H groups in total. The highest BCUT2D eigenvalue weighted by molar-refractivity contribution is 7.95. The van der Waals surface area contributed by atoms with Gasteiger partial charge >= 0.3 is 71.6 Å². The van der Waals surface area contributed by atoms with Crippen molar-refractivity contribution in [3.8, 4) is 0 Å². The number of rotatable bonds is 28. The zero-order valence-corrected chi connectivity index (χ0v) is 49.6. The van der Waals surface area contributed by atoms with Gasteiger partial charge in [0.1, 0.15) is 8.42 Å². The maximum absolute atomic E-state index is 13.2. The van der Waals surface area contributed by atoms with Crippen molar-refractivity contribution in [2.45, 2.75) is 203 Å². The number of nitrogens with one attached hydrogen (secondary N) is 2. The molecule has 1 aliphatic heterocycles. The Balaban J connectivity index is 1.81. The van der Waals surface area contributed by atoms with Crippen molar-refractivity contribution < 1.29 is 136 Å². The number of carbonyl (C=O) groups is 13. The Bertz CT molecular complexity index is 2830. The first-order chi connectivity index (χ1) is 37.7. The van der Waals surface area contributed by atoms with Gasteiger partial charge in [-0.15, -0.1) is 11.3 Å². The van der Waals surface area contributed by atoms with E-state index in [4.69, 9.17) is 52.1 Å². The van der Waals surface area contributed by atoms with Crippen LogP contribution in [-0.4, -0.2) is 179 Å². The first kappa shape index (κ1) is 70.8. The minimum Gasteiger partial charge on any atom is -0.451 e. The van der Waals surface area contributed by atoms with Crippen LogP contribution in [0.4, 0.5) is 0 Å². The standard InChI is InChI=1S/C48H66N2O29S3/c1-16-49-34-17-19(2)81(64,65)48-33(34)18-35(80-48)82(66,67)50-36(52)20(3)69-38(54)22(5)71-40(56)24(7)73-42(58)26(9)75-44(60)28(11)77-46(62)30(13)79-47(63)31(14)78-45(61)29(12)76-43(59)27(10)74-41(57)25(8)72-39(55)23(6)70-37(53)21(4)68-32(15)51/h18-31,34,49H,16-17H2,1-15H3,(H,50,52)/t19-,20+,21+,22+,23+,24+,25+,26+,27+,28+,29+,30+,31+,34-/m0/s1. The van der Waals surface area contributed by atoms with Gasteiger partial charge in [0.2, 0.25) is 0 Å². The van der Waals surface area contributed by atoms with Crippen molar-refractivity contribution in [2.24, 2.45) is 0 Å². The summed E-state index contributed by atoms with van der Waals surface area (Å²) in [6.45, 7) is 17.3. The van der Waals surface area contributed by atoms with E-state index >= 15 is 0 Å². The van der Waals surface area contributed by atoms with Crippen LogP contribution < -0.4 is 10.0 Å². The zero-order chi connectivity index (χ0) is 63.0. The molecule has 0 aromatic carbocycles. The van der Waals surface area contributed by atoms with Crippen LogP contribution in [0.2, 0.25) is 0 Å². The second-order valence-corrected chi connectivity index (χ2v) is 23.6. The van der Waals surface area contributed by atoms with Crippen molar-refractivity contribution in [1.29, 1.82) is 0 Å². The summed E-state index contributed by atoms with van der Waals surface area (Å²) >= 11 is 0.456. The lowest BCUT2D eigenvalue weighted by Gasteiger charge is -2.27. The van der Waals surface area contributed by atoms with Crippen LogP contribution >= 0.6 is 11.3 Å². The van der Waals surface area contributed by atoms with Crippen LogP contribution in [0.25, 0.3) is 0 Å². The zero-order valence-electron chi connectivity index (χ0n) is 47.1. The Morgan fingerprint density at radius 1 is 0.476 bits per heavy atom. The number of hydrogen-bond acceptors (Lipinski definition) is 31. The quantitative estimate of drug-likeness (QED) is 0.0821. The summed E-state index contributed by atoms with van der Waals surface area (Å²) in [5.74, 6) is -16.3. The molecule has 14 atom stereocenters. The molecular formula is C48H66N2O29S3. The second kappa shape index (κ2) is 30.6. The summed E-state index contributed by atoms with van der Waals surface area (Å²) in [7, 11) is -8.54. The molecule has 82 heavy (non-hydrogen) atoms. The highest BCUT2D eigenvalue weighted by Gasteiger charge is 2.41. The summed E-state index contributed by atoms with van der Waals surface area (Å²) in [6.07, 6.45) is -20.2. The largest absolute Gasteiger partial charge is 0.451 e. The molecule has 0 unspecified atom stereocenters. The highest BCUT2D eigenvalue weighted by atomic mass is 32.3. The van der Waals surface area contributed by atoms with Gasteiger partial charge in [-0.25, -0.2) is 74.3 Å². The molecule has 0 spiro atoms. The number of amides is 1. The van der Waals surface area contributed by atoms with Gasteiger partial charge in [0.25, 0.3) is 15.9 Å². The van der Waals surface area contributed by atoms with E-state index in [9.17, 15) is 79.2 Å². The minimum atomic E-state index is -4.67. The van der Waals surface area contributed by atoms with Gasteiger partial charge in [-0.1, -0.05) is 6.92 Å². The summed E-state index contributed by atoms with van der Waals surface area (Å²) < 4.78 is 112. The van der Waals surface area contributed by atoms with E-state index in [0.717, 1.165) is 89.2 Å². The van der Waals surface area contributed by atoms with Crippen molar-refractivity contribution in [1.82, 2.24) is 10.0 Å². The summed E-state index contributed by atoms with van der Waals surface area (Å²) in [4.78, 5) is 162. The number of hydrogen-bond donors (Lipinski definition) is 2. The molecule has 1 aromatic rings. The van der Waals surface area contributed by atoms with Gasteiger partial charge in [0.15, 0.2) is 83.1 Å². The number of thiophene rings is 1. The normalized spacial score (nSPS) is 18.8. The van der Waals surface area contributed by atoms with Crippen molar-refractivity contribution in [3.63, 3.8) is 0 Å². The van der Waals surface area contributed by atoms with Gasteiger partial charge < -0.3 is 62.2 Å². The monoisotopic (exact) mass is 1230 g/mol. The number of ether oxygens (including phenoxy) is 12. The van der Waals surface area contributed by atoms with Crippen LogP contribution in [0.15, 0.2) is 14.5 Å². The number of esters is 12. The molecule has 1 amide bonds. The first-order valence-corrected chi connectivity index (χ1v) is 28.7. The molecule has 1 aromatic heterocycles. The molecule has 0 bridgehead atoms. The third-order valence-corrected chi connectivity index (χ3v) is 16.7. The molecule has 0 radical (unpaired) electrons. The van der Waals surface area contributed by atoms with Crippen molar-refractivity contribution in [3.05, 3.63) is 11.6 Å². The first-order valence-electron chi connectivity index (χ1n) is 24.9. The summed E-state index contributed by atoms with van der Waals surface area (Å²) in [5, 5.41) is 2.30. The lowest BCUT2D eigenvalue weighted by molar-refractivity contribution is -0.190. The van der Waals surface area contributed by atoms with E-state index in [1.54, 1.807) is 11.6 Å². The third kappa shape index (κ3) is 20.6. The Morgan fingerprint density at radius 3 is 0.963 bits per heavy atom. The van der Waals surface area contributed by atoms with Crippen LogP contribution in [0, 0.1) is 0 Å². The molecular weight excluding hydrogens is 1160 g/mol. The average molecular weight is 1230 g/mol. The predicted octanol–water partition coefficient (Wildman–Crippen LogP) is -0.0302. The fourth-order valence-electron chi connectivity index (χ4n) is 6.24. The second-order valence-electron chi connectivity index (χ2n) is 18.1. The molecule has 0 saturated heterocycles. The lowest BCUT2D eigenvalue weighted by Crippen LogP contribution is -2.42. The van der Waals surface area contributed by atoms with Gasteiger partial charge in [-0.2, -0.15) is 0 Å². The summed E-state index contributed by atoms with van der Waals surface area (Å²) in [5.41, 5.74) is 0.231. The number of sulfone groups is 1. The van der Waals surface area contributed by atoms with E-state index in [1.165, 1.54) is 13.8 Å². The van der Waals surface area contributed by atoms with E-state index in [2.05, 4.69) is 10.1 Å². The molecule has 0 aliphatic carbocycles. The molecule has 0 saturated carbocycles. The Labute approximate surface area is 474 Å². The van der Waals surface area contributed by atoms with Gasteiger partial charge in [-0.3, -0.25) is 9.59 Å². The van der Waals surface area contributed by atoms with Crippen LogP contribution in [0.5, 0.6) is 0 Å². The molecule has 0 fully saturated rings. The van der Waals surface area contributed by atoms with Crippen LogP contribution in [-0.2, 0) is 139 Å². The van der Waals surface area contributed by atoms with Crippen molar-refractivity contribution in [2.75, 3.05) is 6.54 Å². The van der Waals surface area contributed by atoms with Crippen LogP contribution in [0.3, 0.4) is 0 Å². The molecule has 2 rings (SSSR count). The van der Waals surface area contributed by atoms with Gasteiger partial charge in [0, 0.05) is 18.5 Å². The minimum absolute atomic E-state index is 0.165. The van der Waals surface area contributed by atoms with E-state index in [-0.39, 0.29) is 16.2 Å². The fraction of sp³-hybridized carbons (Fsp3) is 0.646. The maximum Gasteiger partial charge on any atom is 0.347 e. The maximum atomic E-state index is 13.2. The molecule has 2 heterocycles. The lowest BCUT2D eigenvalue weighted by atomic mass is 10.1. The number of fused-ring (bicyclic) bond motifs is 1. The molecule has 31 nitrogen and oxygen atoms in total. The SMILES string of the molecule is CCN[C@H]1C[C@H](C)S(=O)(=O)c2sc(S(=O)(=O)NC(=O)[C@@H](C)OC(=O)[C@@H](C)OC(=O)[C@@H](C)OC(=O)[C@@H](C)OC(=O)[C@@H](C)OC(=O)[C@@H](C)OC(=O)[C@@H](C)OC(=O)[C@@H](C)OC(=O)[C@@H](C)OC(=O)[C@@H](C)OC(=O)[C@@H](C)OC(=O)[C@@H](C)OC(C)=O)cc21. The Hall–Kier alpha value is -7.33. The van der Waals surface area contributed by atoms with Crippen molar-refractivity contribution >= 4 is 109 Å². The van der Waals surface area contributed by atoms with Crippen LogP contribution in [0.1, 0.15) is 122 Å². The topological polar surface area (TPSA) is 425 Å². The molecule has 1 aliphatic rings. The van der Waals surface area contributed by atoms with E-state index in [0.29, 0.717) is 17.9 Å². The highest BCUT2D eigenvalue weighted by Crippen LogP contribution is 2.42. The van der Waals surface area contributed by atoms with E-state index in [1.807, 2.05) is 0 Å². The number of sulfonamides is 1. The summed E-state index contributed by atoms with van der Waals surface area (Å²) in [6, 6.07) is 0.677. The average Bonchev–Trinajstić information content (AvgIpc) is 4.02. The Morgan fingerprint density at radius 2 is 0.720 bits per heavy atom. The number of carbonyl (C=O) groups excluding carboxylic acids is 13. The van der Waals surface area contributed by atoms with Gasteiger partial charge in [-0.05, 0) is 109 Å². The Kier molecular flexibility index (Phi) is 26.5. The fourth-order valence-corrected chi connectivity index (χ4v) is 11.3. The molecule has 34 heteroatoms. The molecule has 460 valence electrons.